The second-order valence-corrected chi connectivity index (χ2v) is 6.70. The summed E-state index contributed by atoms with van der Waals surface area (Å²) in [6.07, 6.45) is 1.64. The van der Waals surface area contributed by atoms with Crippen LogP contribution in [-0.4, -0.2) is 41.8 Å². The van der Waals surface area contributed by atoms with Crippen molar-refractivity contribution in [3.8, 4) is 22.9 Å². The summed E-state index contributed by atoms with van der Waals surface area (Å²) in [6.45, 7) is 0.622. The van der Waals surface area contributed by atoms with Crippen LogP contribution in [0.4, 0.5) is 10.5 Å². The highest BCUT2D eigenvalue weighted by Gasteiger charge is 2.34. The van der Waals surface area contributed by atoms with Crippen molar-refractivity contribution in [2.45, 2.75) is 18.9 Å². The molecule has 8 nitrogen and oxygen atoms in total. The van der Waals surface area contributed by atoms with E-state index in [4.69, 9.17) is 14.0 Å². The van der Waals surface area contributed by atoms with Crippen molar-refractivity contribution in [3.05, 3.63) is 54.4 Å². The monoisotopic (exact) mass is 394 g/mol. The highest BCUT2D eigenvalue weighted by Crippen LogP contribution is 2.33. The molecule has 0 unspecified atom stereocenters. The summed E-state index contributed by atoms with van der Waals surface area (Å²) in [5.41, 5.74) is 1.47. The number of nitrogens with one attached hydrogen (secondary N) is 1. The van der Waals surface area contributed by atoms with Gasteiger partial charge >= 0.3 is 6.03 Å². The van der Waals surface area contributed by atoms with Gasteiger partial charge in [-0.1, -0.05) is 23.4 Å². The molecule has 1 saturated heterocycles. The van der Waals surface area contributed by atoms with Gasteiger partial charge in [-0.05, 0) is 37.1 Å². The van der Waals surface area contributed by atoms with Gasteiger partial charge in [-0.3, -0.25) is 0 Å². The van der Waals surface area contributed by atoms with E-state index >= 15 is 0 Å². The first-order valence-corrected chi connectivity index (χ1v) is 9.37. The lowest BCUT2D eigenvalue weighted by Gasteiger charge is -2.22. The van der Waals surface area contributed by atoms with E-state index in [1.165, 1.54) is 0 Å². The van der Waals surface area contributed by atoms with E-state index in [1.54, 1.807) is 25.2 Å². The Morgan fingerprint density at radius 3 is 2.69 bits per heavy atom. The van der Waals surface area contributed by atoms with Crippen LogP contribution in [0, 0.1) is 0 Å². The van der Waals surface area contributed by atoms with Crippen molar-refractivity contribution in [1.29, 1.82) is 0 Å². The largest absolute Gasteiger partial charge is 0.497 e. The molecule has 2 aromatic carbocycles. The number of benzene rings is 2. The van der Waals surface area contributed by atoms with Crippen molar-refractivity contribution in [2.75, 3.05) is 26.1 Å². The maximum atomic E-state index is 12.8. The van der Waals surface area contributed by atoms with E-state index in [-0.39, 0.29) is 12.1 Å². The number of carbonyl (C=O) groups is 1. The fourth-order valence-corrected chi connectivity index (χ4v) is 3.41. The van der Waals surface area contributed by atoms with Gasteiger partial charge in [-0.15, -0.1) is 0 Å². The van der Waals surface area contributed by atoms with Gasteiger partial charge in [0.25, 0.3) is 0 Å². The molecule has 2 amide bonds. The molecule has 0 aliphatic carbocycles. The maximum Gasteiger partial charge on any atom is 0.322 e. The van der Waals surface area contributed by atoms with Gasteiger partial charge in [0.05, 0.1) is 14.2 Å². The Bertz CT molecular complexity index is 1000. The number of carbonyl (C=O) groups excluding carboxylic acids is 1. The van der Waals surface area contributed by atoms with Crippen LogP contribution >= 0.6 is 0 Å². The molecule has 1 aromatic heterocycles. The molecule has 3 aromatic rings. The fourth-order valence-electron chi connectivity index (χ4n) is 3.41. The SMILES string of the molecule is COc1cccc(NC(=O)N2CCC[C@H]2c2nc(-c3cccc(OC)c3)no2)c1. The van der Waals surface area contributed by atoms with Gasteiger partial charge in [0.1, 0.15) is 17.5 Å². The van der Waals surface area contributed by atoms with E-state index in [2.05, 4.69) is 15.5 Å². The zero-order valence-corrected chi connectivity index (χ0v) is 16.3. The number of ether oxygens (including phenoxy) is 2. The quantitative estimate of drug-likeness (QED) is 0.700. The van der Waals surface area contributed by atoms with Crippen LogP contribution in [0.15, 0.2) is 53.1 Å². The third-order valence-electron chi connectivity index (χ3n) is 4.89. The molecular weight excluding hydrogens is 372 g/mol. The van der Waals surface area contributed by atoms with Crippen molar-refractivity contribution in [1.82, 2.24) is 15.0 Å². The lowest BCUT2D eigenvalue weighted by Crippen LogP contribution is -2.34. The van der Waals surface area contributed by atoms with Gasteiger partial charge in [0, 0.05) is 23.9 Å². The molecule has 2 heterocycles. The third-order valence-corrected chi connectivity index (χ3v) is 4.89. The minimum Gasteiger partial charge on any atom is -0.497 e. The number of methoxy groups -OCH3 is 2. The summed E-state index contributed by atoms with van der Waals surface area (Å²) >= 11 is 0. The van der Waals surface area contributed by atoms with Crippen molar-refractivity contribution >= 4 is 11.7 Å². The molecule has 0 bridgehead atoms. The van der Waals surface area contributed by atoms with Gasteiger partial charge < -0.3 is 24.2 Å². The molecule has 150 valence electrons. The highest BCUT2D eigenvalue weighted by atomic mass is 16.5. The molecule has 1 aliphatic rings. The molecule has 4 rings (SSSR count). The summed E-state index contributed by atoms with van der Waals surface area (Å²) in [5, 5.41) is 7.00. The predicted octanol–water partition coefficient (Wildman–Crippen LogP) is 4.12. The van der Waals surface area contributed by atoms with Crippen molar-refractivity contribution in [2.24, 2.45) is 0 Å². The summed E-state index contributed by atoms with van der Waals surface area (Å²) in [7, 11) is 3.20. The summed E-state index contributed by atoms with van der Waals surface area (Å²) in [5.74, 6) is 2.30. The Balaban J connectivity index is 1.51. The number of aromatic nitrogens is 2. The number of likely N-dealkylation sites (tertiary alicyclic amines) is 1. The predicted molar refractivity (Wildman–Crippen MR) is 107 cm³/mol. The normalized spacial score (nSPS) is 15.9. The van der Waals surface area contributed by atoms with Crippen molar-refractivity contribution < 1.29 is 18.8 Å². The van der Waals surface area contributed by atoms with Crippen LogP contribution in [0.1, 0.15) is 24.8 Å². The molecule has 1 fully saturated rings. The highest BCUT2D eigenvalue weighted by molar-refractivity contribution is 5.90. The molecule has 1 N–H and O–H groups in total. The lowest BCUT2D eigenvalue weighted by molar-refractivity contribution is 0.193. The van der Waals surface area contributed by atoms with Crippen LogP contribution in [0.2, 0.25) is 0 Å². The van der Waals surface area contributed by atoms with Gasteiger partial charge in [0.15, 0.2) is 0 Å². The zero-order valence-electron chi connectivity index (χ0n) is 16.3. The molecule has 0 saturated carbocycles. The number of anilines is 1. The second-order valence-electron chi connectivity index (χ2n) is 6.70. The number of hydrogen-bond acceptors (Lipinski definition) is 6. The van der Waals surface area contributed by atoms with Gasteiger partial charge in [-0.25, -0.2) is 4.79 Å². The summed E-state index contributed by atoms with van der Waals surface area (Å²) in [4.78, 5) is 19.1. The van der Waals surface area contributed by atoms with Gasteiger partial charge in [-0.2, -0.15) is 4.98 Å². The number of urea groups is 1. The van der Waals surface area contributed by atoms with E-state index < -0.39 is 0 Å². The number of hydrogen-bond donors (Lipinski definition) is 1. The zero-order chi connectivity index (χ0) is 20.2. The van der Waals surface area contributed by atoms with E-state index in [9.17, 15) is 4.79 Å². The Hall–Kier alpha value is -3.55. The first-order chi connectivity index (χ1) is 14.2. The number of rotatable bonds is 5. The van der Waals surface area contributed by atoms with Crippen molar-refractivity contribution in [3.63, 3.8) is 0 Å². The molecule has 1 atom stereocenters. The van der Waals surface area contributed by atoms with Crippen LogP contribution in [0.5, 0.6) is 11.5 Å². The molecule has 1 aliphatic heterocycles. The second kappa shape index (κ2) is 8.22. The Kier molecular flexibility index (Phi) is 5.33. The Morgan fingerprint density at radius 1 is 1.14 bits per heavy atom. The van der Waals surface area contributed by atoms with Crippen LogP contribution in [0.25, 0.3) is 11.4 Å². The van der Waals surface area contributed by atoms with Crippen LogP contribution in [0.3, 0.4) is 0 Å². The van der Waals surface area contributed by atoms with Crippen LogP contribution < -0.4 is 14.8 Å². The standard InChI is InChI=1S/C21H22N4O4/c1-27-16-8-3-6-14(12-16)19-23-20(29-24-19)18-10-5-11-25(18)21(26)22-15-7-4-9-17(13-15)28-2/h3-4,6-9,12-13,18H,5,10-11H2,1-2H3,(H,22,26)/t18-/m0/s1. The number of amides is 2. The number of nitrogens with zero attached hydrogens (tertiary/aromatic N) is 3. The van der Waals surface area contributed by atoms with E-state index in [1.807, 2.05) is 42.5 Å². The van der Waals surface area contributed by atoms with E-state index in [0.717, 1.165) is 18.4 Å². The Labute approximate surface area is 168 Å². The molecular formula is C21H22N4O4. The average Bonchev–Trinajstić information content (AvgIpc) is 3.43. The van der Waals surface area contributed by atoms with Crippen LogP contribution in [-0.2, 0) is 0 Å². The van der Waals surface area contributed by atoms with E-state index in [0.29, 0.717) is 35.4 Å². The molecule has 0 radical (unpaired) electrons. The van der Waals surface area contributed by atoms with Gasteiger partial charge in [0.2, 0.25) is 11.7 Å². The topological polar surface area (TPSA) is 89.7 Å². The average molecular weight is 394 g/mol. The lowest BCUT2D eigenvalue weighted by atomic mass is 10.2. The molecule has 8 heteroatoms. The summed E-state index contributed by atoms with van der Waals surface area (Å²) in [6, 6.07) is 14.2. The fraction of sp³-hybridized carbons (Fsp3) is 0.286. The summed E-state index contributed by atoms with van der Waals surface area (Å²) < 4.78 is 16.0. The minimum absolute atomic E-state index is 0.207. The minimum atomic E-state index is -0.257. The smallest absolute Gasteiger partial charge is 0.322 e. The third kappa shape index (κ3) is 4.01. The molecule has 29 heavy (non-hydrogen) atoms. The first-order valence-electron chi connectivity index (χ1n) is 9.37. The first kappa shape index (κ1) is 18.8. The molecule has 0 spiro atoms. The Morgan fingerprint density at radius 2 is 1.90 bits per heavy atom. The maximum absolute atomic E-state index is 12.8.